The fraction of sp³-hybridized carbons (Fsp3) is 0.756. The van der Waals surface area contributed by atoms with Crippen molar-refractivity contribution in [3.8, 4) is 22.5 Å². The Morgan fingerprint density at radius 2 is 0.965 bits per heavy atom. The quantitative estimate of drug-likeness (QED) is 0.0124. The smallest absolute Gasteiger partial charge is 0.328 e. The molecule has 0 bridgehead atoms. The number of urea groups is 2. The van der Waals surface area contributed by atoms with Crippen molar-refractivity contribution in [3.63, 3.8) is 0 Å². The number of nitrogens with zero attached hydrogens (tertiary/aromatic N) is 7. The zero-order valence-electron chi connectivity index (χ0n) is 68.8. The highest BCUT2D eigenvalue weighted by Gasteiger charge is 2.63. The van der Waals surface area contributed by atoms with Crippen molar-refractivity contribution in [2.75, 3.05) is 31.3 Å². The molecule has 114 heavy (non-hydrogen) atoms. The predicted molar refractivity (Wildman–Crippen MR) is 442 cm³/mol. The van der Waals surface area contributed by atoms with Gasteiger partial charge in [0.25, 0.3) is 0 Å². The largest absolute Gasteiger partial charge is 0.466 e. The van der Waals surface area contributed by atoms with Gasteiger partial charge in [0.1, 0.15) is 36.7 Å². The minimum atomic E-state index is -0.268. The Balaban J connectivity index is 0.441. The van der Waals surface area contributed by atoms with Crippen molar-refractivity contribution in [1.29, 1.82) is 0 Å². The number of hydrogen-bond donors (Lipinski definition) is 5. The van der Waals surface area contributed by atoms with Crippen LogP contribution in [-0.2, 0) is 57.8 Å². The van der Waals surface area contributed by atoms with Gasteiger partial charge in [-0.25, -0.2) is 19.0 Å². The number of amides is 4. The third-order valence-corrected chi connectivity index (χ3v) is 36.1. The van der Waals surface area contributed by atoms with Crippen LogP contribution in [0.1, 0.15) is 234 Å². The Labute approximate surface area is 682 Å². The minimum Gasteiger partial charge on any atom is -0.466 e. The third kappa shape index (κ3) is 15.8. The highest BCUT2D eigenvalue weighted by atomic mass is 32.2. The maximum absolute atomic E-state index is 13.8. The van der Waals surface area contributed by atoms with Gasteiger partial charge in [-0.3, -0.25) is 19.2 Å². The molecule has 24 heteroatoms. The summed E-state index contributed by atoms with van der Waals surface area (Å²) in [6.45, 7) is 17.5. The van der Waals surface area contributed by atoms with Gasteiger partial charge in [0.05, 0.1) is 62.9 Å². The molecular weight excluding hydrogens is 1470 g/mol. The van der Waals surface area contributed by atoms with E-state index in [1.165, 1.54) is 77.0 Å². The Morgan fingerprint density at radius 3 is 1.41 bits per heavy atom. The summed E-state index contributed by atoms with van der Waals surface area (Å²) in [5.74, 6) is 8.97. The second kappa shape index (κ2) is 33.4. The number of fused-ring (bicyclic) bond motifs is 15. The molecule has 0 spiro atoms. The van der Waals surface area contributed by atoms with Crippen molar-refractivity contribution >= 4 is 81.3 Å². The van der Waals surface area contributed by atoms with Crippen molar-refractivity contribution in [1.82, 2.24) is 55.8 Å². The van der Waals surface area contributed by atoms with E-state index in [1.807, 2.05) is 35.9 Å². The molecule has 12 aliphatic rings. The lowest BCUT2D eigenvalue weighted by Gasteiger charge is -2.61. The average molecular weight is 1600 g/mol. The van der Waals surface area contributed by atoms with E-state index in [0.717, 1.165) is 171 Å². The van der Waals surface area contributed by atoms with Crippen LogP contribution in [0.5, 0.6) is 0 Å². The number of unbranched alkanes of at least 4 members (excludes halogenated alkanes) is 4. The van der Waals surface area contributed by atoms with Crippen LogP contribution in [0.3, 0.4) is 0 Å². The number of esters is 4. The van der Waals surface area contributed by atoms with Crippen LogP contribution in [0.25, 0.3) is 44.3 Å². The average Bonchev–Trinajstić information content (AvgIpc) is 1.39. The molecule has 620 valence electrons. The van der Waals surface area contributed by atoms with Crippen LogP contribution in [0.2, 0.25) is 0 Å². The summed E-state index contributed by atoms with van der Waals surface area (Å²) in [5, 5.41) is 33.5. The van der Waals surface area contributed by atoms with E-state index in [4.69, 9.17) is 18.9 Å². The lowest BCUT2D eigenvalue weighted by molar-refractivity contribution is -0.369. The Hall–Kier alpha value is -6.40. The number of hydrogen-bond acceptors (Lipinski definition) is 16. The molecule has 3 aromatic heterocycles. The monoisotopic (exact) mass is 1600 g/mol. The van der Waals surface area contributed by atoms with Gasteiger partial charge in [-0.15, -0.1) is 10.2 Å². The second-order valence-corrected chi connectivity index (χ2v) is 41.6. The van der Waals surface area contributed by atoms with Crippen molar-refractivity contribution in [2.24, 2.45) is 92.7 Å². The summed E-state index contributed by atoms with van der Waals surface area (Å²) < 4.78 is 29.8. The second-order valence-electron chi connectivity index (χ2n) is 39.0. The first-order chi connectivity index (χ1) is 55.1. The summed E-state index contributed by atoms with van der Waals surface area (Å²) in [5.41, 5.74) is 10.7. The van der Waals surface area contributed by atoms with E-state index in [2.05, 4.69) is 130 Å². The molecule has 7 heterocycles. The van der Waals surface area contributed by atoms with Crippen LogP contribution < -0.4 is 27.0 Å². The first-order valence-corrected chi connectivity index (χ1v) is 47.0. The zero-order valence-corrected chi connectivity index (χ0v) is 70.4. The standard InChI is InChI=1S/C90H128N12O10S2/c1-53(15-29-79(103)109-41-11-7-9-13-77-83-73(51-113-77)92-85(107)94-83)65-25-27-67-63-23-19-57-45-59(31-35-87(57,3)69(63)33-37-89(65,67)5)111-81(105)49-100-47-71(96-98-100)55-17-21-61-62-22-18-56(44-76(62)102(40-39-91)75(61)43-55)72-48-101(99-97-72)50-82(106)112-60-32-36-88(4)58(46-60)20-24-64-68-28-26-66(90(68,6)38-34-70(64)88)54(2)16-30-80(104)110-42-12-8-10-14-78-84-74(52-114-78)93-86(108)95-84/h17-18,21-22,43-44,47-48,53-54,57-60,63-70,73-74,77-78,83-84H,7-16,19-20,23-42,45-46,49-52,91H2,1-6H3,(H2,92,94,107)(H2,93,95,108)/p+1/t53-,54-,57-,58+,59-,60-,63+,64+,65?,66?,67+,68+,69?,70?,73+,74+,77+,78+,83+,84+,87?,88?,89?,90?/m1/s1. The molecule has 24 atom stereocenters. The van der Waals surface area contributed by atoms with Gasteiger partial charge >= 0.3 is 35.9 Å². The van der Waals surface area contributed by atoms with E-state index in [1.54, 1.807) is 9.36 Å². The summed E-state index contributed by atoms with van der Waals surface area (Å²) in [6.07, 6.45) is 35.4. The van der Waals surface area contributed by atoms with E-state index in [-0.39, 0.29) is 96.2 Å². The fourth-order valence-corrected chi connectivity index (χ4v) is 30.4. The molecule has 22 nitrogen and oxygen atoms in total. The number of quaternary nitrogens is 1. The molecular formula is C90H129N12O10S2+. The number of benzene rings is 2. The lowest BCUT2D eigenvalue weighted by Crippen LogP contribution is -2.54. The molecule has 7 N–H and O–H groups in total. The van der Waals surface area contributed by atoms with Gasteiger partial charge in [0.2, 0.25) is 0 Å². The minimum absolute atomic E-state index is 0.00137. The molecule has 8 aliphatic carbocycles. The summed E-state index contributed by atoms with van der Waals surface area (Å²) in [7, 11) is 0. The molecule has 8 saturated carbocycles. The normalized spacial score (nSPS) is 36.2. The predicted octanol–water partition coefficient (Wildman–Crippen LogP) is 15.1. The van der Waals surface area contributed by atoms with Gasteiger partial charge in [-0.2, -0.15) is 23.5 Å². The summed E-state index contributed by atoms with van der Waals surface area (Å²) >= 11 is 3.92. The Kier molecular flexibility index (Phi) is 23.5. The number of carbonyl (C=O) groups is 6. The number of ether oxygens (including phenoxy) is 4. The fourth-order valence-electron chi connectivity index (χ4n) is 27.3. The molecule has 12 fully saturated rings. The highest BCUT2D eigenvalue weighted by Crippen LogP contribution is 2.71. The zero-order chi connectivity index (χ0) is 78.8. The molecule has 5 aromatic rings. The molecule has 4 saturated heterocycles. The van der Waals surface area contributed by atoms with Crippen LogP contribution in [0.15, 0.2) is 48.8 Å². The number of aromatic nitrogens is 7. The number of rotatable bonds is 30. The topological polar surface area (TPSA) is 281 Å². The lowest BCUT2D eigenvalue weighted by atomic mass is 9.44. The molecule has 8 unspecified atom stereocenters. The molecule has 0 radical (unpaired) electrons. The van der Waals surface area contributed by atoms with Gasteiger partial charge in [0, 0.05) is 67.8 Å². The Bertz CT molecular complexity index is 4070. The van der Waals surface area contributed by atoms with Crippen molar-refractivity contribution in [3.05, 3.63) is 48.8 Å². The van der Waals surface area contributed by atoms with Crippen molar-refractivity contribution < 1.29 is 53.4 Å². The number of nitrogens with one attached hydrogen (secondary N) is 4. The number of carbonyl (C=O) groups excluding carboxylic acids is 6. The summed E-state index contributed by atoms with van der Waals surface area (Å²) in [4.78, 5) is 77.2. The molecule has 4 amide bonds. The van der Waals surface area contributed by atoms with Crippen LogP contribution in [0, 0.1) is 92.7 Å². The third-order valence-electron chi connectivity index (χ3n) is 33.1. The maximum Gasteiger partial charge on any atom is 0.328 e. The van der Waals surface area contributed by atoms with E-state index >= 15 is 0 Å². The van der Waals surface area contributed by atoms with Gasteiger partial charge in [0.15, 0.2) is 0 Å². The van der Waals surface area contributed by atoms with Gasteiger partial charge < -0.3 is 50.5 Å². The maximum atomic E-state index is 13.8. The van der Waals surface area contributed by atoms with E-state index in [9.17, 15) is 28.8 Å². The summed E-state index contributed by atoms with van der Waals surface area (Å²) in [6, 6.07) is 13.7. The van der Waals surface area contributed by atoms with E-state index in [0.29, 0.717) is 119 Å². The van der Waals surface area contributed by atoms with Gasteiger partial charge in [-0.1, -0.05) is 102 Å². The molecule has 17 rings (SSSR count). The van der Waals surface area contributed by atoms with Crippen LogP contribution in [0.4, 0.5) is 9.59 Å². The van der Waals surface area contributed by atoms with Crippen molar-refractivity contribution in [2.45, 2.75) is 301 Å². The highest BCUT2D eigenvalue weighted by molar-refractivity contribution is 8.00. The van der Waals surface area contributed by atoms with Gasteiger partial charge in [-0.05, 0) is 259 Å². The first-order valence-electron chi connectivity index (χ1n) is 44.9. The SMILES string of the molecule is C[C@H](CCC(=O)OCCCCC[C@@H]1SC[C@@H]2NC(=O)N[C@@H]21)C1CC[C@H]2[C@@H]3CC[C@@H]4C[C@H](OC(=O)Cn5cc(-c6ccc7c8ccc(-c9cn(CC(=O)O[C@@H]%10CCC%11(C)C%12CCC%13(C)C([C@H](C)CCC(=O)OCCCCC[C@@H]%14SC[C@@H]%15NC(=O)N[C@@H]%15%14)CC[C@H]%13[C@@H]%12CC[C@H]%11C%10)nn9)cc8n(CC[NH3+])c7c6)nn5)CCC4(C)C3CCC12C. The van der Waals surface area contributed by atoms with E-state index < -0.39 is 0 Å². The van der Waals surface area contributed by atoms with Crippen LogP contribution in [-0.4, -0.2) is 149 Å². The first kappa shape index (κ1) is 80.0. The molecule has 4 aliphatic heterocycles. The van der Waals surface area contributed by atoms with Crippen LogP contribution >= 0.6 is 23.5 Å². The Morgan fingerprint density at radius 1 is 0.526 bits per heavy atom. The molecule has 2 aromatic carbocycles. The number of thioether (sulfide) groups is 2.